The molecule has 0 aliphatic carbocycles. The van der Waals surface area contributed by atoms with Crippen molar-refractivity contribution in [2.75, 3.05) is 0 Å². The standard InChI is InChI=1S/C15H12F3N3/c1-21-13(20-12-6-3-7-19-14(12)21)9-10-4-2-5-11(8-10)15(16,17)18/h2-8H,9H2,1H3. The fourth-order valence-electron chi connectivity index (χ4n) is 2.27. The first kappa shape index (κ1) is 13.6. The number of aryl methyl sites for hydroxylation is 1. The molecule has 0 unspecified atom stereocenters. The zero-order chi connectivity index (χ0) is 15.0. The maximum atomic E-state index is 12.7. The van der Waals surface area contributed by atoms with Crippen LogP contribution < -0.4 is 0 Å². The monoisotopic (exact) mass is 291 g/mol. The molecule has 2 heterocycles. The number of nitrogens with zero attached hydrogens (tertiary/aromatic N) is 3. The molecule has 0 aliphatic rings. The molecule has 0 radical (unpaired) electrons. The number of hydrogen-bond donors (Lipinski definition) is 0. The number of halogens is 3. The molecule has 0 amide bonds. The normalized spacial score (nSPS) is 12.0. The van der Waals surface area contributed by atoms with Gasteiger partial charge in [0.05, 0.1) is 5.56 Å². The van der Waals surface area contributed by atoms with Crippen LogP contribution in [0.25, 0.3) is 11.2 Å². The Balaban J connectivity index is 1.97. The van der Waals surface area contributed by atoms with Crippen LogP contribution >= 0.6 is 0 Å². The van der Waals surface area contributed by atoms with Crippen LogP contribution in [0.5, 0.6) is 0 Å². The maximum absolute atomic E-state index is 12.7. The molecule has 0 aliphatic heterocycles. The van der Waals surface area contributed by atoms with E-state index in [2.05, 4.69) is 9.97 Å². The molecule has 1 aromatic carbocycles. The summed E-state index contributed by atoms with van der Waals surface area (Å²) in [6, 6.07) is 8.93. The molecule has 0 N–H and O–H groups in total. The van der Waals surface area contributed by atoms with Gasteiger partial charge in [-0.1, -0.05) is 18.2 Å². The molecule has 0 fully saturated rings. The molecule has 0 atom stereocenters. The van der Waals surface area contributed by atoms with E-state index >= 15 is 0 Å². The lowest BCUT2D eigenvalue weighted by Gasteiger charge is -2.08. The molecule has 3 nitrogen and oxygen atoms in total. The molecular weight excluding hydrogens is 279 g/mol. The van der Waals surface area contributed by atoms with Gasteiger partial charge in [0, 0.05) is 19.7 Å². The molecule has 0 saturated heterocycles. The van der Waals surface area contributed by atoms with Crippen molar-refractivity contribution in [1.82, 2.24) is 14.5 Å². The highest BCUT2D eigenvalue weighted by Gasteiger charge is 2.30. The summed E-state index contributed by atoms with van der Waals surface area (Å²) in [5, 5.41) is 0. The van der Waals surface area contributed by atoms with E-state index in [4.69, 9.17) is 0 Å². The smallest absolute Gasteiger partial charge is 0.316 e. The number of rotatable bonds is 2. The Labute approximate surface area is 119 Å². The Bertz CT molecular complexity index is 790. The Morgan fingerprint density at radius 2 is 1.95 bits per heavy atom. The van der Waals surface area contributed by atoms with Gasteiger partial charge in [0.2, 0.25) is 0 Å². The maximum Gasteiger partial charge on any atom is 0.416 e. The van der Waals surface area contributed by atoms with Crippen molar-refractivity contribution in [3.8, 4) is 0 Å². The van der Waals surface area contributed by atoms with Crippen molar-refractivity contribution in [1.29, 1.82) is 0 Å². The summed E-state index contributed by atoms with van der Waals surface area (Å²) >= 11 is 0. The lowest BCUT2D eigenvalue weighted by molar-refractivity contribution is -0.137. The second-order valence-corrected chi connectivity index (χ2v) is 4.81. The van der Waals surface area contributed by atoms with E-state index in [9.17, 15) is 13.2 Å². The Kier molecular flexibility index (Phi) is 3.16. The van der Waals surface area contributed by atoms with Gasteiger partial charge in [0.1, 0.15) is 11.3 Å². The third-order valence-corrected chi connectivity index (χ3v) is 3.34. The van der Waals surface area contributed by atoms with Crippen molar-refractivity contribution in [2.45, 2.75) is 12.6 Å². The minimum atomic E-state index is -4.33. The number of benzene rings is 1. The Hall–Kier alpha value is -2.37. The highest BCUT2D eigenvalue weighted by molar-refractivity contribution is 5.71. The van der Waals surface area contributed by atoms with Crippen molar-refractivity contribution in [3.63, 3.8) is 0 Å². The number of fused-ring (bicyclic) bond motifs is 1. The predicted octanol–water partition coefficient (Wildman–Crippen LogP) is 3.58. The number of aromatic nitrogens is 3. The number of alkyl halides is 3. The summed E-state index contributed by atoms with van der Waals surface area (Å²) < 4.78 is 40.0. The van der Waals surface area contributed by atoms with Crippen molar-refractivity contribution in [2.24, 2.45) is 7.05 Å². The molecule has 3 aromatic rings. The quantitative estimate of drug-likeness (QED) is 0.722. The first-order valence-electron chi connectivity index (χ1n) is 6.37. The lowest BCUT2D eigenvalue weighted by Crippen LogP contribution is -2.06. The molecule has 2 aromatic heterocycles. The number of imidazole rings is 1. The van der Waals surface area contributed by atoms with E-state index in [0.29, 0.717) is 17.8 Å². The van der Waals surface area contributed by atoms with Gasteiger partial charge >= 0.3 is 6.18 Å². The summed E-state index contributed by atoms with van der Waals surface area (Å²) in [7, 11) is 1.81. The average molecular weight is 291 g/mol. The summed E-state index contributed by atoms with van der Waals surface area (Å²) in [5.41, 5.74) is 1.39. The number of hydrogen-bond acceptors (Lipinski definition) is 2. The minimum Gasteiger partial charge on any atom is -0.316 e. The van der Waals surface area contributed by atoms with E-state index in [1.807, 2.05) is 13.1 Å². The van der Waals surface area contributed by atoms with Crippen LogP contribution in [0.4, 0.5) is 13.2 Å². The fourth-order valence-corrected chi connectivity index (χ4v) is 2.27. The summed E-state index contributed by atoms with van der Waals surface area (Å²) in [6.45, 7) is 0. The van der Waals surface area contributed by atoms with Crippen molar-refractivity contribution in [3.05, 3.63) is 59.5 Å². The summed E-state index contributed by atoms with van der Waals surface area (Å²) in [5.74, 6) is 0.683. The van der Waals surface area contributed by atoms with Crippen LogP contribution in [0.15, 0.2) is 42.6 Å². The molecule has 0 saturated carbocycles. The SMILES string of the molecule is Cn1c(Cc2cccc(C(F)(F)F)c2)nc2cccnc21. The van der Waals surface area contributed by atoms with Gasteiger partial charge < -0.3 is 4.57 Å². The first-order valence-corrected chi connectivity index (χ1v) is 6.37. The molecule has 3 rings (SSSR count). The zero-order valence-electron chi connectivity index (χ0n) is 11.2. The average Bonchev–Trinajstić information content (AvgIpc) is 2.75. The van der Waals surface area contributed by atoms with Crippen LogP contribution in [0, 0.1) is 0 Å². The van der Waals surface area contributed by atoms with Gasteiger partial charge in [-0.05, 0) is 23.8 Å². The molecule has 6 heteroatoms. The molecular formula is C15H12F3N3. The third kappa shape index (κ3) is 2.61. The fraction of sp³-hybridized carbons (Fsp3) is 0.200. The van der Waals surface area contributed by atoms with E-state index in [1.54, 1.807) is 22.9 Å². The Morgan fingerprint density at radius 3 is 2.67 bits per heavy atom. The molecule has 108 valence electrons. The van der Waals surface area contributed by atoms with Gasteiger partial charge in [-0.15, -0.1) is 0 Å². The highest BCUT2D eigenvalue weighted by Crippen LogP contribution is 2.30. The summed E-state index contributed by atoms with van der Waals surface area (Å²) in [4.78, 5) is 8.64. The van der Waals surface area contributed by atoms with Crippen molar-refractivity contribution >= 4 is 11.2 Å². The van der Waals surface area contributed by atoms with Crippen molar-refractivity contribution < 1.29 is 13.2 Å². The third-order valence-electron chi connectivity index (χ3n) is 3.34. The molecule has 0 bridgehead atoms. The van der Waals surface area contributed by atoms with Crippen LogP contribution in [-0.4, -0.2) is 14.5 Å². The van der Waals surface area contributed by atoms with E-state index < -0.39 is 11.7 Å². The van der Waals surface area contributed by atoms with E-state index in [0.717, 1.165) is 23.3 Å². The van der Waals surface area contributed by atoms with Crippen LogP contribution in [0.2, 0.25) is 0 Å². The second-order valence-electron chi connectivity index (χ2n) is 4.81. The van der Waals surface area contributed by atoms with Crippen LogP contribution in [-0.2, 0) is 19.6 Å². The lowest BCUT2D eigenvalue weighted by atomic mass is 10.1. The highest BCUT2D eigenvalue weighted by atomic mass is 19.4. The van der Waals surface area contributed by atoms with Gasteiger partial charge in [0.15, 0.2) is 5.65 Å². The topological polar surface area (TPSA) is 30.7 Å². The van der Waals surface area contributed by atoms with Gasteiger partial charge in [-0.2, -0.15) is 13.2 Å². The first-order chi connectivity index (χ1) is 9.95. The van der Waals surface area contributed by atoms with Crippen LogP contribution in [0.1, 0.15) is 17.0 Å². The van der Waals surface area contributed by atoms with E-state index in [-0.39, 0.29) is 0 Å². The predicted molar refractivity (Wildman–Crippen MR) is 72.8 cm³/mol. The minimum absolute atomic E-state index is 0.330. The van der Waals surface area contributed by atoms with E-state index in [1.165, 1.54) is 6.07 Å². The second kappa shape index (κ2) is 4.87. The van der Waals surface area contributed by atoms with Gasteiger partial charge in [-0.25, -0.2) is 9.97 Å². The molecule has 0 spiro atoms. The van der Waals surface area contributed by atoms with Gasteiger partial charge in [0.25, 0.3) is 0 Å². The van der Waals surface area contributed by atoms with Gasteiger partial charge in [-0.3, -0.25) is 0 Å². The Morgan fingerprint density at radius 1 is 1.14 bits per heavy atom. The summed E-state index contributed by atoms with van der Waals surface area (Å²) in [6.07, 6.45) is -2.33. The zero-order valence-corrected chi connectivity index (χ0v) is 11.2. The largest absolute Gasteiger partial charge is 0.416 e. The van der Waals surface area contributed by atoms with Crippen LogP contribution in [0.3, 0.4) is 0 Å². The molecule has 21 heavy (non-hydrogen) atoms. The number of pyridine rings is 1.